The van der Waals surface area contributed by atoms with Crippen LogP contribution in [-0.2, 0) is 6.54 Å². The fourth-order valence-electron chi connectivity index (χ4n) is 1.46. The van der Waals surface area contributed by atoms with Crippen molar-refractivity contribution in [3.8, 4) is 0 Å². The number of carbonyl (C=O) groups is 1. The summed E-state index contributed by atoms with van der Waals surface area (Å²) >= 11 is 0. The zero-order valence-corrected chi connectivity index (χ0v) is 8.13. The standard InChI is InChI=1S/C11H11N3O/c12-11(15)10-2-1-7-14(10)8-9-3-5-13-6-4-9/h1-7H,8H2,(H2,12,15). The highest BCUT2D eigenvalue weighted by Crippen LogP contribution is 2.06. The Hall–Kier alpha value is -2.10. The molecule has 0 aliphatic carbocycles. The lowest BCUT2D eigenvalue weighted by molar-refractivity contribution is 0.0992. The first kappa shape index (κ1) is 9.45. The van der Waals surface area contributed by atoms with Gasteiger partial charge in [-0.25, -0.2) is 0 Å². The van der Waals surface area contributed by atoms with Crippen LogP contribution in [0, 0.1) is 0 Å². The molecule has 2 rings (SSSR count). The van der Waals surface area contributed by atoms with Gasteiger partial charge in [0.2, 0.25) is 0 Å². The van der Waals surface area contributed by atoms with E-state index in [1.807, 2.05) is 22.9 Å². The van der Waals surface area contributed by atoms with Crippen LogP contribution in [0.15, 0.2) is 42.9 Å². The Morgan fingerprint density at radius 1 is 1.33 bits per heavy atom. The first-order valence-corrected chi connectivity index (χ1v) is 4.61. The predicted molar refractivity (Wildman–Crippen MR) is 56.3 cm³/mol. The van der Waals surface area contributed by atoms with Crippen molar-refractivity contribution >= 4 is 5.91 Å². The summed E-state index contributed by atoms with van der Waals surface area (Å²) < 4.78 is 1.82. The summed E-state index contributed by atoms with van der Waals surface area (Å²) in [6.45, 7) is 0.633. The lowest BCUT2D eigenvalue weighted by Crippen LogP contribution is -2.16. The molecular weight excluding hydrogens is 190 g/mol. The van der Waals surface area contributed by atoms with Gasteiger partial charge in [-0.15, -0.1) is 0 Å². The van der Waals surface area contributed by atoms with E-state index in [9.17, 15) is 4.79 Å². The van der Waals surface area contributed by atoms with Crippen LogP contribution in [0.5, 0.6) is 0 Å². The number of hydrogen-bond acceptors (Lipinski definition) is 2. The highest BCUT2D eigenvalue weighted by Gasteiger charge is 2.06. The minimum atomic E-state index is -0.408. The molecule has 0 saturated heterocycles. The molecule has 0 bridgehead atoms. The average Bonchev–Trinajstić information content (AvgIpc) is 2.67. The SMILES string of the molecule is NC(=O)c1cccn1Cc1ccncc1. The van der Waals surface area contributed by atoms with Crippen molar-refractivity contribution < 1.29 is 4.79 Å². The maximum absolute atomic E-state index is 11.1. The fourth-order valence-corrected chi connectivity index (χ4v) is 1.46. The molecule has 0 saturated carbocycles. The number of nitrogens with two attached hydrogens (primary N) is 1. The first-order chi connectivity index (χ1) is 7.27. The van der Waals surface area contributed by atoms with E-state index in [1.165, 1.54) is 0 Å². The summed E-state index contributed by atoms with van der Waals surface area (Å²) in [5.41, 5.74) is 6.85. The van der Waals surface area contributed by atoms with E-state index < -0.39 is 5.91 Å². The number of rotatable bonds is 3. The molecule has 0 aliphatic rings. The van der Waals surface area contributed by atoms with E-state index in [0.29, 0.717) is 12.2 Å². The number of nitrogens with zero attached hydrogens (tertiary/aromatic N) is 2. The van der Waals surface area contributed by atoms with Gasteiger partial charge in [0.25, 0.3) is 5.91 Å². The molecule has 2 aromatic heterocycles. The van der Waals surface area contributed by atoms with Crippen LogP contribution in [0.4, 0.5) is 0 Å². The third kappa shape index (κ3) is 2.04. The quantitative estimate of drug-likeness (QED) is 0.806. The van der Waals surface area contributed by atoms with E-state index in [2.05, 4.69) is 4.98 Å². The van der Waals surface area contributed by atoms with Gasteiger partial charge < -0.3 is 10.3 Å². The van der Waals surface area contributed by atoms with Gasteiger partial charge in [0, 0.05) is 25.1 Å². The number of hydrogen-bond donors (Lipinski definition) is 1. The summed E-state index contributed by atoms with van der Waals surface area (Å²) in [5, 5.41) is 0. The van der Waals surface area contributed by atoms with Crippen molar-refractivity contribution in [3.05, 3.63) is 54.1 Å². The zero-order valence-electron chi connectivity index (χ0n) is 8.13. The molecule has 76 valence electrons. The minimum absolute atomic E-state index is 0.408. The molecule has 0 unspecified atom stereocenters. The summed E-state index contributed by atoms with van der Waals surface area (Å²) in [6.07, 6.45) is 5.28. The van der Waals surface area contributed by atoms with E-state index in [1.54, 1.807) is 24.5 Å². The van der Waals surface area contributed by atoms with Crippen LogP contribution in [0.1, 0.15) is 16.1 Å². The van der Waals surface area contributed by atoms with Gasteiger partial charge in [-0.05, 0) is 29.8 Å². The summed E-state index contributed by atoms with van der Waals surface area (Å²) in [4.78, 5) is 15.0. The summed E-state index contributed by atoms with van der Waals surface area (Å²) in [5.74, 6) is -0.408. The number of aromatic nitrogens is 2. The van der Waals surface area contributed by atoms with Crippen molar-refractivity contribution in [2.24, 2.45) is 5.73 Å². The molecule has 0 aliphatic heterocycles. The molecule has 0 aromatic carbocycles. The van der Waals surface area contributed by atoms with Crippen LogP contribution in [-0.4, -0.2) is 15.5 Å². The number of amides is 1. The molecule has 0 fully saturated rings. The predicted octanol–water partition coefficient (Wildman–Crippen LogP) is 1.03. The fraction of sp³-hybridized carbons (Fsp3) is 0.0909. The van der Waals surface area contributed by atoms with Crippen LogP contribution >= 0.6 is 0 Å². The molecule has 1 amide bonds. The number of carbonyl (C=O) groups excluding carboxylic acids is 1. The Balaban J connectivity index is 2.25. The van der Waals surface area contributed by atoms with E-state index >= 15 is 0 Å². The lowest BCUT2D eigenvalue weighted by Gasteiger charge is -2.06. The van der Waals surface area contributed by atoms with Gasteiger partial charge in [0.05, 0.1) is 0 Å². The van der Waals surface area contributed by atoms with Crippen molar-refractivity contribution in [2.45, 2.75) is 6.54 Å². The lowest BCUT2D eigenvalue weighted by atomic mass is 10.2. The molecule has 4 nitrogen and oxygen atoms in total. The molecule has 0 atom stereocenters. The van der Waals surface area contributed by atoms with Gasteiger partial charge in [-0.3, -0.25) is 9.78 Å². The third-order valence-corrected chi connectivity index (χ3v) is 2.18. The van der Waals surface area contributed by atoms with Gasteiger partial charge in [-0.2, -0.15) is 0 Å². The van der Waals surface area contributed by atoms with Gasteiger partial charge in [0.15, 0.2) is 0 Å². The summed E-state index contributed by atoms with van der Waals surface area (Å²) in [7, 11) is 0. The second-order valence-corrected chi connectivity index (χ2v) is 3.24. The molecular formula is C11H11N3O. The van der Waals surface area contributed by atoms with Crippen LogP contribution in [0.3, 0.4) is 0 Å². The van der Waals surface area contributed by atoms with Gasteiger partial charge in [-0.1, -0.05) is 0 Å². The van der Waals surface area contributed by atoms with E-state index in [4.69, 9.17) is 5.73 Å². The van der Waals surface area contributed by atoms with E-state index in [0.717, 1.165) is 5.56 Å². The van der Waals surface area contributed by atoms with Crippen molar-refractivity contribution in [1.82, 2.24) is 9.55 Å². The topological polar surface area (TPSA) is 60.9 Å². The zero-order chi connectivity index (χ0) is 10.7. The van der Waals surface area contributed by atoms with Crippen molar-refractivity contribution in [1.29, 1.82) is 0 Å². The largest absolute Gasteiger partial charge is 0.364 e. The maximum atomic E-state index is 11.1. The molecule has 2 heterocycles. The summed E-state index contributed by atoms with van der Waals surface area (Å²) in [6, 6.07) is 7.33. The van der Waals surface area contributed by atoms with Gasteiger partial charge >= 0.3 is 0 Å². The average molecular weight is 201 g/mol. The van der Waals surface area contributed by atoms with Crippen molar-refractivity contribution in [3.63, 3.8) is 0 Å². The second-order valence-electron chi connectivity index (χ2n) is 3.24. The normalized spacial score (nSPS) is 10.1. The minimum Gasteiger partial charge on any atom is -0.364 e. The molecule has 2 N–H and O–H groups in total. The van der Waals surface area contributed by atoms with Crippen LogP contribution in [0.25, 0.3) is 0 Å². The maximum Gasteiger partial charge on any atom is 0.265 e. The third-order valence-electron chi connectivity index (χ3n) is 2.18. The van der Waals surface area contributed by atoms with Gasteiger partial charge in [0.1, 0.15) is 5.69 Å². The van der Waals surface area contributed by atoms with Crippen LogP contribution in [0.2, 0.25) is 0 Å². The number of pyridine rings is 1. The Morgan fingerprint density at radius 2 is 2.07 bits per heavy atom. The second kappa shape index (κ2) is 3.96. The molecule has 0 radical (unpaired) electrons. The number of primary amides is 1. The highest BCUT2D eigenvalue weighted by atomic mass is 16.1. The molecule has 15 heavy (non-hydrogen) atoms. The molecule has 2 aromatic rings. The van der Waals surface area contributed by atoms with E-state index in [-0.39, 0.29) is 0 Å². The highest BCUT2D eigenvalue weighted by molar-refractivity contribution is 5.91. The smallest absolute Gasteiger partial charge is 0.265 e. The Kier molecular flexibility index (Phi) is 2.49. The van der Waals surface area contributed by atoms with Crippen LogP contribution < -0.4 is 5.73 Å². The Labute approximate surface area is 87.4 Å². The monoisotopic (exact) mass is 201 g/mol. The Morgan fingerprint density at radius 3 is 2.73 bits per heavy atom. The first-order valence-electron chi connectivity index (χ1n) is 4.61. The van der Waals surface area contributed by atoms with Crippen molar-refractivity contribution in [2.75, 3.05) is 0 Å². The molecule has 4 heteroatoms. The Bertz CT molecular complexity index is 462. The molecule has 0 spiro atoms.